The highest BCUT2D eigenvalue weighted by molar-refractivity contribution is 6.08. The Morgan fingerprint density at radius 3 is 2.67 bits per heavy atom. The van der Waals surface area contributed by atoms with E-state index in [2.05, 4.69) is 16.7 Å². The van der Waals surface area contributed by atoms with Crippen LogP contribution in [-0.4, -0.2) is 17.1 Å². The van der Waals surface area contributed by atoms with Crippen molar-refractivity contribution in [1.82, 2.24) is 9.99 Å². The number of fused-ring (bicyclic) bond motifs is 1. The van der Waals surface area contributed by atoms with E-state index in [0.29, 0.717) is 23.6 Å². The normalized spacial score (nSPS) is 14.4. The van der Waals surface area contributed by atoms with Gasteiger partial charge in [0.2, 0.25) is 0 Å². The van der Waals surface area contributed by atoms with Crippen LogP contribution in [0.15, 0.2) is 47.3 Å². The summed E-state index contributed by atoms with van der Waals surface area (Å²) in [6.45, 7) is 1.63. The van der Waals surface area contributed by atoms with Crippen molar-refractivity contribution in [3.63, 3.8) is 0 Å². The van der Waals surface area contributed by atoms with Crippen LogP contribution in [-0.2, 0) is 0 Å². The van der Waals surface area contributed by atoms with E-state index in [1.54, 1.807) is 25.1 Å². The molecule has 1 aliphatic rings. The summed E-state index contributed by atoms with van der Waals surface area (Å²) in [7, 11) is 0. The van der Waals surface area contributed by atoms with E-state index < -0.39 is 23.3 Å². The van der Waals surface area contributed by atoms with Crippen molar-refractivity contribution in [1.29, 1.82) is 0 Å². The molecule has 1 atom stereocenters. The summed E-state index contributed by atoms with van der Waals surface area (Å²) in [5, 5.41) is 3.04. The van der Waals surface area contributed by atoms with E-state index in [0.717, 1.165) is 23.9 Å². The molecule has 1 saturated carbocycles. The molecule has 2 N–H and O–H groups in total. The lowest BCUT2D eigenvalue weighted by Gasteiger charge is -2.30. The standard InChI is InChI=1S/C26H25F2N3O2/c1-3-13-29-31-16(2)23(20-11-6-12-21(28)24(20)26(31)33)25(32)30-22(14-17-7-4-8-17)18-9-5-10-19(27)15-18/h1,5-6,9-12,15,17,22,29H,4,7-8,13-14H2,2H3,(H,30,32). The Balaban J connectivity index is 1.79. The van der Waals surface area contributed by atoms with E-state index in [4.69, 9.17) is 6.42 Å². The molecule has 3 aromatic rings. The number of amides is 1. The van der Waals surface area contributed by atoms with Crippen LogP contribution in [0.25, 0.3) is 10.8 Å². The molecule has 1 amide bonds. The highest BCUT2D eigenvalue weighted by Gasteiger charge is 2.27. The van der Waals surface area contributed by atoms with Crippen molar-refractivity contribution in [2.45, 2.75) is 38.6 Å². The molecule has 5 nitrogen and oxygen atoms in total. The number of pyridine rings is 1. The van der Waals surface area contributed by atoms with Gasteiger partial charge in [-0.05, 0) is 43.0 Å². The second kappa shape index (κ2) is 9.45. The van der Waals surface area contributed by atoms with Crippen LogP contribution in [0.5, 0.6) is 0 Å². The highest BCUT2D eigenvalue weighted by Crippen LogP contribution is 2.35. The first kappa shape index (κ1) is 22.5. The van der Waals surface area contributed by atoms with E-state index in [-0.39, 0.29) is 28.7 Å². The number of nitrogens with one attached hydrogen (secondary N) is 2. The van der Waals surface area contributed by atoms with Gasteiger partial charge in [0.1, 0.15) is 11.6 Å². The number of rotatable bonds is 7. The van der Waals surface area contributed by atoms with Crippen LogP contribution in [0, 0.1) is 36.8 Å². The zero-order chi connectivity index (χ0) is 23.5. The van der Waals surface area contributed by atoms with Crippen LogP contribution < -0.4 is 16.3 Å². The van der Waals surface area contributed by atoms with Crippen LogP contribution >= 0.6 is 0 Å². The number of hydrogen-bond acceptors (Lipinski definition) is 3. The average Bonchev–Trinajstić information content (AvgIpc) is 2.75. The van der Waals surface area contributed by atoms with Gasteiger partial charge >= 0.3 is 0 Å². The minimum absolute atomic E-state index is 0.0232. The van der Waals surface area contributed by atoms with Gasteiger partial charge in [-0.3, -0.25) is 9.59 Å². The summed E-state index contributed by atoms with van der Waals surface area (Å²) in [5.74, 6) is 1.25. The number of hydrogen-bond donors (Lipinski definition) is 2. The Morgan fingerprint density at radius 1 is 1.24 bits per heavy atom. The maximum atomic E-state index is 14.7. The number of aromatic nitrogens is 1. The predicted octanol–water partition coefficient (Wildman–Crippen LogP) is 4.43. The van der Waals surface area contributed by atoms with Crippen molar-refractivity contribution in [3.05, 3.63) is 81.3 Å². The quantitative estimate of drug-likeness (QED) is 0.525. The largest absolute Gasteiger partial charge is 0.345 e. The van der Waals surface area contributed by atoms with Crippen molar-refractivity contribution in [2.24, 2.45) is 5.92 Å². The van der Waals surface area contributed by atoms with Gasteiger partial charge < -0.3 is 10.7 Å². The van der Waals surface area contributed by atoms with Gasteiger partial charge in [-0.1, -0.05) is 49.4 Å². The Kier molecular flexibility index (Phi) is 6.45. The molecule has 170 valence electrons. The molecular formula is C26H25F2N3O2. The SMILES string of the molecule is C#CCNn1c(C)c(C(=O)NC(CC2CCC2)c2cccc(F)c2)c2cccc(F)c2c1=O. The molecule has 0 spiro atoms. The van der Waals surface area contributed by atoms with Crippen LogP contribution in [0.4, 0.5) is 8.78 Å². The van der Waals surface area contributed by atoms with E-state index in [1.165, 1.54) is 24.3 Å². The van der Waals surface area contributed by atoms with Crippen molar-refractivity contribution >= 4 is 16.7 Å². The van der Waals surface area contributed by atoms with Gasteiger partial charge in [0, 0.05) is 5.39 Å². The lowest BCUT2D eigenvalue weighted by atomic mass is 9.79. The minimum atomic E-state index is -0.723. The minimum Gasteiger partial charge on any atom is -0.345 e. The number of terminal acetylenes is 1. The maximum absolute atomic E-state index is 14.7. The number of halogens is 2. The number of nitrogens with zero attached hydrogens (tertiary/aromatic N) is 1. The first-order chi connectivity index (χ1) is 15.9. The van der Waals surface area contributed by atoms with Gasteiger partial charge in [0.05, 0.1) is 29.2 Å². The summed E-state index contributed by atoms with van der Waals surface area (Å²) < 4.78 is 29.7. The monoisotopic (exact) mass is 449 g/mol. The molecule has 1 aliphatic carbocycles. The molecule has 0 radical (unpaired) electrons. The predicted molar refractivity (Wildman–Crippen MR) is 125 cm³/mol. The molecule has 1 unspecified atom stereocenters. The van der Waals surface area contributed by atoms with Gasteiger partial charge in [-0.15, -0.1) is 6.42 Å². The van der Waals surface area contributed by atoms with Crippen molar-refractivity contribution in [2.75, 3.05) is 12.0 Å². The maximum Gasteiger partial charge on any atom is 0.279 e. The summed E-state index contributed by atoms with van der Waals surface area (Å²) in [4.78, 5) is 26.5. The van der Waals surface area contributed by atoms with E-state index >= 15 is 0 Å². The first-order valence-corrected chi connectivity index (χ1v) is 11.0. The van der Waals surface area contributed by atoms with E-state index in [1.807, 2.05) is 0 Å². The molecule has 1 heterocycles. The Morgan fingerprint density at radius 2 is 2.00 bits per heavy atom. The van der Waals surface area contributed by atoms with Gasteiger partial charge in [-0.25, -0.2) is 13.5 Å². The Hall–Kier alpha value is -3.66. The third-order valence-corrected chi connectivity index (χ3v) is 6.31. The molecule has 0 bridgehead atoms. The second-order valence-electron chi connectivity index (χ2n) is 8.42. The second-order valence-corrected chi connectivity index (χ2v) is 8.42. The zero-order valence-corrected chi connectivity index (χ0v) is 18.3. The third kappa shape index (κ3) is 4.47. The molecule has 1 fully saturated rings. The summed E-state index contributed by atoms with van der Waals surface area (Å²) in [6.07, 6.45) is 9.26. The number of carbonyl (C=O) groups is 1. The average molecular weight is 450 g/mol. The van der Waals surface area contributed by atoms with Gasteiger partial charge in [0.25, 0.3) is 11.5 Å². The lowest BCUT2D eigenvalue weighted by molar-refractivity contribution is 0.0925. The fourth-order valence-electron chi connectivity index (χ4n) is 4.42. The van der Waals surface area contributed by atoms with Crippen LogP contribution in [0.3, 0.4) is 0 Å². The smallest absolute Gasteiger partial charge is 0.279 e. The molecule has 1 aromatic heterocycles. The van der Waals surface area contributed by atoms with E-state index in [9.17, 15) is 18.4 Å². The summed E-state index contributed by atoms with van der Waals surface area (Å²) in [6, 6.07) is 9.96. The van der Waals surface area contributed by atoms with Crippen molar-refractivity contribution < 1.29 is 13.6 Å². The summed E-state index contributed by atoms with van der Waals surface area (Å²) >= 11 is 0. The highest BCUT2D eigenvalue weighted by atomic mass is 19.1. The number of benzene rings is 2. The van der Waals surface area contributed by atoms with Crippen LogP contribution in [0.2, 0.25) is 0 Å². The zero-order valence-electron chi connectivity index (χ0n) is 18.3. The topological polar surface area (TPSA) is 63.1 Å². The van der Waals surface area contributed by atoms with Crippen LogP contribution in [0.1, 0.15) is 53.3 Å². The van der Waals surface area contributed by atoms with Gasteiger partial charge in [0.15, 0.2) is 0 Å². The fourth-order valence-corrected chi connectivity index (χ4v) is 4.42. The summed E-state index contributed by atoms with van der Waals surface area (Å²) in [5.41, 5.74) is 3.29. The Labute approximate surface area is 190 Å². The van der Waals surface area contributed by atoms with Crippen molar-refractivity contribution in [3.8, 4) is 12.3 Å². The number of carbonyl (C=O) groups excluding carboxylic acids is 1. The third-order valence-electron chi connectivity index (χ3n) is 6.31. The Bertz CT molecular complexity index is 1310. The molecular weight excluding hydrogens is 424 g/mol. The molecule has 4 rings (SSSR count). The molecule has 2 aromatic carbocycles. The fraction of sp³-hybridized carbons (Fsp3) is 0.308. The molecule has 7 heteroatoms. The van der Waals surface area contributed by atoms with Gasteiger partial charge in [-0.2, -0.15) is 0 Å². The lowest BCUT2D eigenvalue weighted by Crippen LogP contribution is -2.37. The molecule has 0 aliphatic heterocycles. The first-order valence-electron chi connectivity index (χ1n) is 11.0. The molecule has 33 heavy (non-hydrogen) atoms. The molecule has 0 saturated heterocycles.